The molecule has 0 bridgehead atoms. The number of benzene rings is 1. The van der Waals surface area contributed by atoms with Gasteiger partial charge in [0.2, 0.25) is 17.7 Å². The van der Waals surface area contributed by atoms with Gasteiger partial charge in [0.15, 0.2) is 0 Å². The summed E-state index contributed by atoms with van der Waals surface area (Å²) in [6.45, 7) is 6.43. The van der Waals surface area contributed by atoms with Gasteiger partial charge in [-0.2, -0.15) is 0 Å². The SMILES string of the molecule is C=CC(=O)N[C@H]1COC[C@H]1Nc1ncc2cc(-c3c(Cl)c(OC)cc(OC)c3Cl)nc(OCC)c2n1. The number of aromatic nitrogens is 3. The molecule has 2 aromatic heterocycles. The van der Waals surface area contributed by atoms with Crippen LogP contribution in [-0.4, -0.2) is 67.0 Å². The topological polar surface area (TPSA) is 117 Å². The van der Waals surface area contributed by atoms with E-state index in [1.807, 2.05) is 6.92 Å². The molecule has 2 atom stereocenters. The Bertz CT molecular complexity index is 1280. The number of nitrogens with zero attached hydrogens (tertiary/aromatic N) is 3. The monoisotopic (exact) mass is 533 g/mol. The smallest absolute Gasteiger partial charge is 0.243 e. The standard InChI is InChI=1S/C24H25Cl2N5O5/c1-5-18(32)28-14-10-35-11-15(14)30-24-27-9-12-7-13(29-23(36-6-2)22(12)31-24)19-20(25)16(33-3)8-17(34-4)21(19)26/h5,7-9,14-15H,1,6,10-11H2,2-4H3,(H,28,32)(H,27,30,31)/t14-,15+/m0/s1. The average molecular weight is 534 g/mol. The third-order valence-electron chi connectivity index (χ3n) is 5.55. The predicted molar refractivity (Wildman–Crippen MR) is 137 cm³/mol. The molecule has 0 unspecified atom stereocenters. The van der Waals surface area contributed by atoms with Crippen LogP contribution in [0.3, 0.4) is 0 Å². The highest BCUT2D eigenvalue weighted by Gasteiger charge is 2.30. The number of halogens is 2. The van der Waals surface area contributed by atoms with Crippen LogP contribution in [0.1, 0.15) is 6.92 Å². The molecule has 1 amide bonds. The Morgan fingerprint density at radius 3 is 2.50 bits per heavy atom. The summed E-state index contributed by atoms with van der Waals surface area (Å²) in [5, 5.41) is 7.28. The summed E-state index contributed by atoms with van der Waals surface area (Å²) >= 11 is 13.2. The summed E-state index contributed by atoms with van der Waals surface area (Å²) < 4.78 is 22.1. The zero-order valence-electron chi connectivity index (χ0n) is 19.9. The molecule has 190 valence electrons. The van der Waals surface area contributed by atoms with E-state index >= 15 is 0 Å². The van der Waals surface area contributed by atoms with Gasteiger partial charge in [-0.25, -0.2) is 15.0 Å². The third-order valence-corrected chi connectivity index (χ3v) is 6.30. The van der Waals surface area contributed by atoms with Gasteiger partial charge in [0.05, 0.1) is 61.9 Å². The van der Waals surface area contributed by atoms with E-state index < -0.39 is 0 Å². The number of rotatable bonds is 9. The number of carbonyl (C=O) groups is 1. The van der Waals surface area contributed by atoms with Crippen LogP contribution in [0, 0.1) is 0 Å². The molecule has 0 aliphatic carbocycles. The van der Waals surface area contributed by atoms with Gasteiger partial charge in [-0.3, -0.25) is 4.79 Å². The van der Waals surface area contributed by atoms with Crippen LogP contribution in [-0.2, 0) is 9.53 Å². The molecular formula is C24H25Cl2N5O5. The largest absolute Gasteiger partial charge is 0.495 e. The molecule has 12 heteroatoms. The molecule has 0 spiro atoms. The minimum Gasteiger partial charge on any atom is -0.495 e. The molecule has 3 heterocycles. The van der Waals surface area contributed by atoms with Gasteiger partial charge in [-0.15, -0.1) is 0 Å². The Balaban J connectivity index is 1.75. The molecule has 10 nitrogen and oxygen atoms in total. The van der Waals surface area contributed by atoms with E-state index in [4.69, 9.17) is 42.1 Å². The Hall–Kier alpha value is -3.34. The molecule has 1 aliphatic rings. The van der Waals surface area contributed by atoms with Crippen molar-refractivity contribution < 1.29 is 23.7 Å². The second kappa shape index (κ2) is 11.2. The Kier molecular flexibility index (Phi) is 7.97. The number of nitrogens with one attached hydrogen (secondary N) is 2. The normalized spacial score (nSPS) is 17.0. The van der Waals surface area contributed by atoms with Gasteiger partial charge in [-0.05, 0) is 19.1 Å². The first-order chi connectivity index (χ1) is 17.4. The zero-order chi connectivity index (χ0) is 25.8. The number of fused-ring (bicyclic) bond motifs is 1. The maximum atomic E-state index is 11.7. The van der Waals surface area contributed by atoms with E-state index in [9.17, 15) is 4.79 Å². The molecule has 2 N–H and O–H groups in total. The Labute approximate surface area is 217 Å². The lowest BCUT2D eigenvalue weighted by Crippen LogP contribution is -2.45. The number of amides is 1. The fraction of sp³-hybridized carbons (Fsp3) is 0.333. The summed E-state index contributed by atoms with van der Waals surface area (Å²) in [6.07, 6.45) is 2.86. The van der Waals surface area contributed by atoms with E-state index in [0.717, 1.165) is 0 Å². The summed E-state index contributed by atoms with van der Waals surface area (Å²) in [7, 11) is 3.01. The van der Waals surface area contributed by atoms with Crippen molar-refractivity contribution in [3.05, 3.63) is 41.0 Å². The number of methoxy groups -OCH3 is 2. The number of carbonyl (C=O) groups excluding carboxylic acids is 1. The van der Waals surface area contributed by atoms with Gasteiger partial charge in [0.1, 0.15) is 17.0 Å². The van der Waals surface area contributed by atoms with Crippen molar-refractivity contribution in [3.63, 3.8) is 0 Å². The average Bonchev–Trinajstić information content (AvgIpc) is 3.30. The molecule has 36 heavy (non-hydrogen) atoms. The van der Waals surface area contributed by atoms with Crippen LogP contribution in [0.2, 0.25) is 10.0 Å². The van der Waals surface area contributed by atoms with Crippen molar-refractivity contribution >= 4 is 46.0 Å². The van der Waals surface area contributed by atoms with Gasteiger partial charge < -0.3 is 29.6 Å². The summed E-state index contributed by atoms with van der Waals surface area (Å²) in [4.78, 5) is 25.5. The Morgan fingerprint density at radius 1 is 1.17 bits per heavy atom. The molecule has 1 fully saturated rings. The number of hydrogen-bond donors (Lipinski definition) is 2. The van der Waals surface area contributed by atoms with Crippen LogP contribution in [0.4, 0.5) is 5.95 Å². The second-order valence-corrected chi connectivity index (χ2v) is 8.52. The van der Waals surface area contributed by atoms with Gasteiger partial charge in [0, 0.05) is 23.2 Å². The molecule has 1 aliphatic heterocycles. The lowest BCUT2D eigenvalue weighted by molar-refractivity contribution is -0.117. The number of ether oxygens (including phenoxy) is 4. The second-order valence-electron chi connectivity index (χ2n) is 7.77. The fourth-order valence-corrected chi connectivity index (χ4v) is 4.50. The van der Waals surface area contributed by atoms with Crippen LogP contribution < -0.4 is 24.8 Å². The van der Waals surface area contributed by atoms with Crippen LogP contribution in [0.15, 0.2) is 31.0 Å². The van der Waals surface area contributed by atoms with E-state index in [1.54, 1.807) is 18.3 Å². The van der Waals surface area contributed by atoms with Crippen LogP contribution in [0.25, 0.3) is 22.2 Å². The summed E-state index contributed by atoms with van der Waals surface area (Å²) in [5.74, 6) is 1.12. The predicted octanol–water partition coefficient (Wildman–Crippen LogP) is 3.90. The summed E-state index contributed by atoms with van der Waals surface area (Å²) in [5.41, 5.74) is 1.37. The molecule has 0 saturated carbocycles. The molecule has 0 radical (unpaired) electrons. The van der Waals surface area contributed by atoms with Crippen molar-refractivity contribution in [1.29, 1.82) is 0 Å². The maximum absolute atomic E-state index is 11.7. The van der Waals surface area contributed by atoms with E-state index in [2.05, 4.69) is 32.2 Å². The van der Waals surface area contributed by atoms with Crippen LogP contribution >= 0.6 is 23.2 Å². The van der Waals surface area contributed by atoms with Crippen molar-refractivity contribution in [2.45, 2.75) is 19.0 Å². The van der Waals surface area contributed by atoms with Gasteiger partial charge in [0.25, 0.3) is 0 Å². The highest BCUT2D eigenvalue weighted by atomic mass is 35.5. The highest BCUT2D eigenvalue weighted by Crippen LogP contribution is 2.46. The lowest BCUT2D eigenvalue weighted by atomic mass is 10.1. The van der Waals surface area contributed by atoms with E-state index in [0.29, 0.717) is 59.4 Å². The minimum atomic E-state index is -0.279. The quantitative estimate of drug-likeness (QED) is 0.395. The van der Waals surface area contributed by atoms with Crippen molar-refractivity contribution in [2.75, 3.05) is 39.4 Å². The van der Waals surface area contributed by atoms with Crippen molar-refractivity contribution in [2.24, 2.45) is 0 Å². The highest BCUT2D eigenvalue weighted by molar-refractivity contribution is 6.41. The zero-order valence-corrected chi connectivity index (χ0v) is 21.4. The number of hydrogen-bond acceptors (Lipinski definition) is 9. The van der Waals surface area contributed by atoms with Crippen molar-refractivity contribution in [3.8, 4) is 28.6 Å². The van der Waals surface area contributed by atoms with E-state index in [-0.39, 0.29) is 33.9 Å². The first-order valence-electron chi connectivity index (χ1n) is 11.1. The van der Waals surface area contributed by atoms with E-state index in [1.165, 1.54) is 20.3 Å². The van der Waals surface area contributed by atoms with Gasteiger partial charge in [-0.1, -0.05) is 29.8 Å². The molecule has 1 saturated heterocycles. The molecule has 3 aromatic rings. The number of anilines is 1. The molecular weight excluding hydrogens is 509 g/mol. The summed E-state index contributed by atoms with van der Waals surface area (Å²) in [6, 6.07) is 2.89. The fourth-order valence-electron chi connectivity index (χ4n) is 3.80. The third kappa shape index (κ3) is 5.11. The van der Waals surface area contributed by atoms with Gasteiger partial charge >= 0.3 is 0 Å². The maximum Gasteiger partial charge on any atom is 0.243 e. The minimum absolute atomic E-state index is 0.226. The first-order valence-corrected chi connectivity index (χ1v) is 11.8. The lowest BCUT2D eigenvalue weighted by Gasteiger charge is -2.20. The van der Waals surface area contributed by atoms with Crippen LogP contribution in [0.5, 0.6) is 17.4 Å². The number of pyridine rings is 1. The van der Waals surface area contributed by atoms with Crippen molar-refractivity contribution in [1.82, 2.24) is 20.3 Å². The first kappa shape index (κ1) is 25.7. The molecule has 4 rings (SSSR count). The molecule has 1 aromatic carbocycles. The Morgan fingerprint density at radius 2 is 1.86 bits per heavy atom.